The minimum Gasteiger partial charge on any atom is -0.462 e. The lowest BCUT2D eigenvalue weighted by Gasteiger charge is -2.18. The van der Waals surface area contributed by atoms with Crippen LogP contribution < -0.4 is 4.90 Å². The van der Waals surface area contributed by atoms with Gasteiger partial charge in [-0.15, -0.1) is 0 Å². The number of aliphatic hydroxyl groups is 1. The zero-order chi connectivity index (χ0) is 16.8. The second kappa shape index (κ2) is 7.81. The minimum atomic E-state index is -0.754. The molecule has 1 atom stereocenters. The smallest absolute Gasteiger partial charge is 0.351 e. The van der Waals surface area contributed by atoms with Crippen LogP contribution in [0.4, 0.5) is 5.69 Å². The highest BCUT2D eigenvalue weighted by atomic mass is 32.2. The van der Waals surface area contributed by atoms with E-state index >= 15 is 0 Å². The second-order valence-electron chi connectivity index (χ2n) is 4.64. The molecule has 2 rings (SSSR count). The van der Waals surface area contributed by atoms with Crippen LogP contribution in [0.3, 0.4) is 0 Å². The molecular weight excluding hydrogens is 316 g/mol. The Morgan fingerprint density at radius 1 is 1.43 bits per heavy atom. The molecule has 0 spiro atoms. The van der Waals surface area contributed by atoms with Crippen molar-refractivity contribution in [3.63, 3.8) is 0 Å². The number of hydrogen-bond acceptors (Lipinski definition) is 6. The van der Waals surface area contributed by atoms with E-state index in [9.17, 15) is 14.9 Å². The normalized spacial score (nSPS) is 19.4. The lowest BCUT2D eigenvalue weighted by Crippen LogP contribution is -2.30. The summed E-state index contributed by atoms with van der Waals surface area (Å²) in [7, 11) is 0. The molecule has 0 aliphatic carbocycles. The Labute approximate surface area is 138 Å². The number of aliphatic hydroxyl groups excluding tert-OH is 1. The van der Waals surface area contributed by atoms with Gasteiger partial charge in [-0.1, -0.05) is 30.0 Å². The number of nitriles is 1. The molecule has 1 amide bonds. The maximum Gasteiger partial charge on any atom is 0.351 e. The Morgan fingerprint density at radius 3 is 2.70 bits per heavy atom. The number of nitrogens with zero attached hydrogens (tertiary/aromatic N) is 2. The number of carbonyl (C=O) groups excluding carboxylic acids is 2. The molecule has 1 fully saturated rings. The van der Waals surface area contributed by atoms with Crippen molar-refractivity contribution in [2.45, 2.75) is 18.6 Å². The van der Waals surface area contributed by atoms with E-state index in [1.54, 1.807) is 31.2 Å². The van der Waals surface area contributed by atoms with Crippen LogP contribution in [0.5, 0.6) is 0 Å². The molecule has 0 radical (unpaired) electrons. The van der Waals surface area contributed by atoms with Gasteiger partial charge in [0, 0.05) is 12.3 Å². The molecule has 1 aliphatic rings. The zero-order valence-corrected chi connectivity index (χ0v) is 13.4. The number of benzene rings is 1. The molecule has 1 saturated heterocycles. The predicted molar refractivity (Wildman–Crippen MR) is 86.3 cm³/mol. The van der Waals surface area contributed by atoms with Gasteiger partial charge in [0.2, 0.25) is 5.91 Å². The molecule has 1 heterocycles. The Hall–Kier alpha value is -2.30. The summed E-state index contributed by atoms with van der Waals surface area (Å²) in [6.45, 7) is 1.63. The number of thioether (sulfide) groups is 1. The third-order valence-corrected chi connectivity index (χ3v) is 4.50. The van der Waals surface area contributed by atoms with E-state index in [0.717, 1.165) is 11.8 Å². The highest BCUT2D eigenvalue weighted by Crippen LogP contribution is 2.41. The Morgan fingerprint density at radius 2 is 2.13 bits per heavy atom. The highest BCUT2D eigenvalue weighted by Gasteiger charge is 2.40. The van der Waals surface area contributed by atoms with E-state index < -0.39 is 11.2 Å². The molecule has 1 aromatic rings. The number of rotatable bonds is 5. The van der Waals surface area contributed by atoms with Crippen LogP contribution in [0.25, 0.3) is 0 Å². The van der Waals surface area contributed by atoms with Gasteiger partial charge in [-0.05, 0) is 25.5 Å². The number of ether oxygens (including phenoxy) is 1. The first-order valence-electron chi connectivity index (χ1n) is 7.12. The van der Waals surface area contributed by atoms with Gasteiger partial charge >= 0.3 is 5.97 Å². The first-order chi connectivity index (χ1) is 11.1. The summed E-state index contributed by atoms with van der Waals surface area (Å²) < 4.78 is 4.90. The fraction of sp³-hybridized carbons (Fsp3) is 0.312. The maximum absolute atomic E-state index is 12.6. The lowest BCUT2D eigenvalue weighted by atomic mass is 10.2. The van der Waals surface area contributed by atoms with Crippen molar-refractivity contribution in [3.05, 3.63) is 40.9 Å². The molecule has 120 valence electrons. The number of carbonyl (C=O) groups is 2. The van der Waals surface area contributed by atoms with Gasteiger partial charge in [0.25, 0.3) is 0 Å². The highest BCUT2D eigenvalue weighted by molar-refractivity contribution is 8.05. The Kier molecular flexibility index (Phi) is 5.79. The number of para-hydroxylation sites is 1. The first kappa shape index (κ1) is 17.1. The summed E-state index contributed by atoms with van der Waals surface area (Å²) in [6, 6.07) is 10.6. The molecule has 1 aromatic carbocycles. The van der Waals surface area contributed by atoms with E-state index in [2.05, 4.69) is 0 Å². The summed E-state index contributed by atoms with van der Waals surface area (Å²) in [5.74, 6) is -1.02. The zero-order valence-electron chi connectivity index (χ0n) is 12.6. The van der Waals surface area contributed by atoms with Crippen LogP contribution in [0.15, 0.2) is 40.9 Å². The van der Waals surface area contributed by atoms with Crippen LogP contribution in [-0.2, 0) is 14.3 Å². The molecule has 23 heavy (non-hydrogen) atoms. The summed E-state index contributed by atoms with van der Waals surface area (Å²) >= 11 is 1.11. The van der Waals surface area contributed by atoms with Gasteiger partial charge in [-0.3, -0.25) is 9.69 Å². The quantitative estimate of drug-likeness (QED) is 0.502. The van der Waals surface area contributed by atoms with Crippen LogP contribution in [0, 0.1) is 11.3 Å². The number of esters is 1. The molecule has 1 aliphatic heterocycles. The third kappa shape index (κ3) is 3.55. The van der Waals surface area contributed by atoms with Crippen LogP contribution in [0.2, 0.25) is 0 Å². The fourth-order valence-electron chi connectivity index (χ4n) is 2.16. The molecular formula is C16H16N2O4S. The van der Waals surface area contributed by atoms with E-state index in [1.165, 1.54) is 4.90 Å². The summed E-state index contributed by atoms with van der Waals surface area (Å²) in [5.41, 5.74) is 0.368. The van der Waals surface area contributed by atoms with E-state index in [4.69, 9.17) is 9.84 Å². The number of anilines is 1. The van der Waals surface area contributed by atoms with Crippen molar-refractivity contribution >= 4 is 29.3 Å². The average molecular weight is 332 g/mol. The van der Waals surface area contributed by atoms with Gasteiger partial charge in [-0.2, -0.15) is 5.26 Å². The molecule has 0 saturated carbocycles. The van der Waals surface area contributed by atoms with Crippen LogP contribution in [-0.4, -0.2) is 35.4 Å². The van der Waals surface area contributed by atoms with Gasteiger partial charge in [0.05, 0.1) is 11.9 Å². The van der Waals surface area contributed by atoms with Crippen molar-refractivity contribution in [2.24, 2.45) is 0 Å². The molecule has 7 heteroatoms. The molecule has 6 nitrogen and oxygen atoms in total. The van der Waals surface area contributed by atoms with Gasteiger partial charge < -0.3 is 9.84 Å². The summed E-state index contributed by atoms with van der Waals surface area (Å²) in [5, 5.41) is 18.2. The summed E-state index contributed by atoms with van der Waals surface area (Å²) in [6.07, 6.45) is 0.248. The number of amides is 1. The molecule has 1 N–H and O–H groups in total. The first-order valence-corrected chi connectivity index (χ1v) is 8.00. The van der Waals surface area contributed by atoms with Crippen LogP contribution in [0.1, 0.15) is 13.3 Å². The number of hydrogen-bond donors (Lipinski definition) is 1. The van der Waals surface area contributed by atoms with E-state index in [1.807, 2.05) is 12.1 Å². The molecule has 0 unspecified atom stereocenters. The third-order valence-electron chi connectivity index (χ3n) is 3.16. The van der Waals surface area contributed by atoms with Crippen molar-refractivity contribution in [3.8, 4) is 6.07 Å². The lowest BCUT2D eigenvalue weighted by molar-refractivity contribution is -0.138. The topological polar surface area (TPSA) is 90.6 Å². The monoisotopic (exact) mass is 332 g/mol. The standard InChI is InChI=1S/C16H16N2O4S/c1-2-22-16(21)12(10-17)15-18(11-6-4-3-5-7-11)14(20)13(23-15)8-9-19/h3-7,13,19H,2,8-9H2,1H3/b15-12-/t13-/m1/s1. The van der Waals surface area contributed by atoms with Gasteiger partial charge in [0.15, 0.2) is 5.57 Å². The average Bonchev–Trinajstić information content (AvgIpc) is 2.86. The Balaban J connectivity index is 2.51. The predicted octanol–water partition coefficient (Wildman–Crippen LogP) is 1.82. The van der Waals surface area contributed by atoms with Crippen molar-refractivity contribution in [1.82, 2.24) is 0 Å². The largest absolute Gasteiger partial charge is 0.462 e. The van der Waals surface area contributed by atoms with Crippen LogP contribution >= 0.6 is 11.8 Å². The fourth-order valence-corrected chi connectivity index (χ4v) is 3.40. The minimum absolute atomic E-state index is 0.140. The van der Waals surface area contributed by atoms with Crippen molar-refractivity contribution < 1.29 is 19.4 Å². The van der Waals surface area contributed by atoms with Crippen molar-refractivity contribution in [1.29, 1.82) is 5.26 Å². The SMILES string of the molecule is CCOC(=O)/C(C#N)=C1\S[C@H](CCO)C(=O)N1c1ccccc1. The Bertz CT molecular complexity index is 666. The van der Waals surface area contributed by atoms with Gasteiger partial charge in [0.1, 0.15) is 11.1 Å². The second-order valence-corrected chi connectivity index (χ2v) is 5.83. The van der Waals surface area contributed by atoms with Crippen molar-refractivity contribution in [2.75, 3.05) is 18.1 Å². The maximum atomic E-state index is 12.6. The van der Waals surface area contributed by atoms with E-state index in [0.29, 0.717) is 5.69 Å². The molecule has 0 bridgehead atoms. The van der Waals surface area contributed by atoms with Gasteiger partial charge in [-0.25, -0.2) is 4.79 Å². The summed E-state index contributed by atoms with van der Waals surface area (Å²) in [4.78, 5) is 26.0. The van der Waals surface area contributed by atoms with E-state index in [-0.39, 0.29) is 36.1 Å². The molecule has 0 aromatic heterocycles.